The van der Waals surface area contributed by atoms with Crippen LogP contribution >= 0.6 is 12.4 Å². The Balaban J connectivity index is 0.00000110. The van der Waals surface area contributed by atoms with Gasteiger partial charge in [0.2, 0.25) is 5.72 Å². The van der Waals surface area contributed by atoms with Crippen LogP contribution in [-0.4, -0.2) is 23.8 Å². The molecule has 5 nitrogen and oxygen atoms in total. The number of nitrogen functional groups attached to an aromatic ring is 1. The second kappa shape index (κ2) is 3.88. The summed E-state index contributed by atoms with van der Waals surface area (Å²) in [4.78, 5) is 12.0. The maximum Gasteiger partial charge on any atom is 0.357 e. The second-order valence-electron chi connectivity index (χ2n) is 4.82. The molecule has 1 fully saturated rings. The molecule has 3 heterocycles. The fourth-order valence-electron chi connectivity index (χ4n) is 2.89. The summed E-state index contributed by atoms with van der Waals surface area (Å²) in [5.74, 6) is -0.282. The minimum absolute atomic E-state index is 0. The molecule has 0 aliphatic carbocycles. The van der Waals surface area contributed by atoms with Gasteiger partial charge in [-0.3, -0.25) is 4.57 Å². The number of rotatable bonds is 0. The molecule has 100 valence electrons. The number of carbonyl (C=O) groups excluding carboxylic acids is 1. The van der Waals surface area contributed by atoms with Crippen molar-refractivity contribution >= 4 is 35.0 Å². The van der Waals surface area contributed by atoms with Gasteiger partial charge in [0.25, 0.3) is 0 Å². The van der Waals surface area contributed by atoms with E-state index in [1.165, 1.54) is 0 Å². The molecule has 6 heteroatoms. The number of fused-ring (bicyclic) bond motifs is 4. The molecule has 0 saturated carbocycles. The van der Waals surface area contributed by atoms with Crippen molar-refractivity contribution in [3.05, 3.63) is 30.0 Å². The molecule has 2 aromatic rings. The average Bonchev–Trinajstić information content (AvgIpc) is 2.98. The quantitative estimate of drug-likeness (QED) is 0.591. The number of esters is 1. The standard InChI is InChI=1S/C13H12N2O3.ClH/c14-9-1-2-10-8(5-9)6-11-12(16)18-13(15(10)11)3-4-17-7-13;/h1-2,5-6H,3-4,7,14H2;1H. The van der Waals surface area contributed by atoms with E-state index in [1.54, 1.807) is 0 Å². The number of nitrogens with zero attached hydrogens (tertiary/aromatic N) is 1. The number of nitrogens with two attached hydrogens (primary N) is 1. The van der Waals surface area contributed by atoms with Crippen LogP contribution in [0.15, 0.2) is 24.3 Å². The molecule has 2 N–H and O–H groups in total. The van der Waals surface area contributed by atoms with Gasteiger partial charge >= 0.3 is 5.97 Å². The van der Waals surface area contributed by atoms with Crippen molar-refractivity contribution < 1.29 is 14.3 Å². The summed E-state index contributed by atoms with van der Waals surface area (Å²) >= 11 is 0. The Labute approximate surface area is 115 Å². The molecule has 2 aliphatic heterocycles. The van der Waals surface area contributed by atoms with Gasteiger partial charge < -0.3 is 15.2 Å². The Morgan fingerprint density at radius 1 is 1.32 bits per heavy atom. The van der Waals surface area contributed by atoms with Crippen molar-refractivity contribution in [3.8, 4) is 0 Å². The summed E-state index contributed by atoms with van der Waals surface area (Å²) in [5, 5.41) is 0.966. The van der Waals surface area contributed by atoms with Gasteiger partial charge in [0.15, 0.2) is 0 Å². The highest BCUT2D eigenvalue weighted by Gasteiger charge is 2.49. The van der Waals surface area contributed by atoms with E-state index in [9.17, 15) is 4.79 Å². The van der Waals surface area contributed by atoms with E-state index in [0.717, 1.165) is 10.9 Å². The maximum atomic E-state index is 12.0. The molecule has 1 spiro atoms. The van der Waals surface area contributed by atoms with Crippen LogP contribution in [0, 0.1) is 0 Å². The normalized spacial score (nSPS) is 24.5. The first-order chi connectivity index (χ1) is 8.70. The lowest BCUT2D eigenvalue weighted by molar-refractivity contribution is -0.0450. The predicted octanol–water partition coefficient (Wildman–Crippen LogP) is 1.89. The Hall–Kier alpha value is -1.72. The van der Waals surface area contributed by atoms with E-state index in [-0.39, 0.29) is 18.4 Å². The minimum atomic E-state index is -0.649. The molecule has 19 heavy (non-hydrogen) atoms. The van der Waals surface area contributed by atoms with Crippen molar-refractivity contribution in [2.24, 2.45) is 0 Å². The van der Waals surface area contributed by atoms with Crippen LogP contribution in [0.1, 0.15) is 16.9 Å². The van der Waals surface area contributed by atoms with Crippen molar-refractivity contribution in [1.82, 2.24) is 4.57 Å². The van der Waals surface area contributed by atoms with Crippen LogP contribution in [0.2, 0.25) is 0 Å². The van der Waals surface area contributed by atoms with Crippen LogP contribution in [0.4, 0.5) is 5.69 Å². The zero-order valence-corrected chi connectivity index (χ0v) is 10.9. The van der Waals surface area contributed by atoms with Gasteiger partial charge in [-0.25, -0.2) is 4.79 Å². The molecule has 2 aliphatic rings. The van der Waals surface area contributed by atoms with Crippen molar-refractivity contribution in [1.29, 1.82) is 0 Å². The Bertz CT molecular complexity index is 674. The number of ether oxygens (including phenoxy) is 2. The maximum absolute atomic E-state index is 12.0. The molecule has 1 atom stereocenters. The lowest BCUT2D eigenvalue weighted by atomic mass is 10.1. The van der Waals surface area contributed by atoms with Crippen LogP contribution in [-0.2, 0) is 15.2 Å². The molecule has 4 rings (SSSR count). The molecular formula is C13H13ClN2O3. The van der Waals surface area contributed by atoms with Gasteiger partial charge in [0.1, 0.15) is 12.3 Å². The fourth-order valence-corrected chi connectivity index (χ4v) is 2.89. The second-order valence-corrected chi connectivity index (χ2v) is 4.82. The van der Waals surface area contributed by atoms with Crippen LogP contribution < -0.4 is 5.73 Å². The Kier molecular flexibility index (Phi) is 2.52. The smallest absolute Gasteiger partial charge is 0.357 e. The first-order valence-corrected chi connectivity index (χ1v) is 5.92. The number of anilines is 1. The lowest BCUT2D eigenvalue weighted by Crippen LogP contribution is -2.32. The third-order valence-electron chi connectivity index (χ3n) is 3.69. The summed E-state index contributed by atoms with van der Waals surface area (Å²) in [6.45, 7) is 1.03. The molecule has 1 aromatic carbocycles. The average molecular weight is 281 g/mol. The zero-order chi connectivity index (χ0) is 12.3. The van der Waals surface area contributed by atoms with Gasteiger partial charge in [-0.15, -0.1) is 12.4 Å². The highest BCUT2D eigenvalue weighted by Crippen LogP contribution is 2.40. The Morgan fingerprint density at radius 2 is 2.16 bits per heavy atom. The van der Waals surface area contributed by atoms with Crippen molar-refractivity contribution in [3.63, 3.8) is 0 Å². The van der Waals surface area contributed by atoms with E-state index in [1.807, 2.05) is 28.8 Å². The number of benzene rings is 1. The molecule has 0 bridgehead atoms. The fraction of sp³-hybridized carbons (Fsp3) is 0.308. The van der Waals surface area contributed by atoms with E-state index >= 15 is 0 Å². The largest absolute Gasteiger partial charge is 0.431 e. The topological polar surface area (TPSA) is 66.5 Å². The first kappa shape index (κ1) is 12.3. The summed E-state index contributed by atoms with van der Waals surface area (Å²) in [7, 11) is 0. The van der Waals surface area contributed by atoms with E-state index < -0.39 is 5.72 Å². The number of hydrogen-bond donors (Lipinski definition) is 1. The summed E-state index contributed by atoms with van der Waals surface area (Å²) < 4.78 is 12.9. The van der Waals surface area contributed by atoms with Crippen LogP contribution in [0.25, 0.3) is 10.9 Å². The number of hydrogen-bond acceptors (Lipinski definition) is 4. The van der Waals surface area contributed by atoms with Gasteiger partial charge in [0.05, 0.1) is 12.1 Å². The Morgan fingerprint density at radius 3 is 2.89 bits per heavy atom. The number of carbonyl (C=O) groups is 1. The van der Waals surface area contributed by atoms with Crippen molar-refractivity contribution in [2.75, 3.05) is 18.9 Å². The van der Waals surface area contributed by atoms with Crippen LogP contribution in [0.5, 0.6) is 0 Å². The summed E-state index contributed by atoms with van der Waals surface area (Å²) in [6.07, 6.45) is 0.694. The van der Waals surface area contributed by atoms with Gasteiger partial charge in [0, 0.05) is 17.5 Å². The third-order valence-corrected chi connectivity index (χ3v) is 3.69. The van der Waals surface area contributed by atoms with E-state index in [2.05, 4.69) is 0 Å². The van der Waals surface area contributed by atoms with E-state index in [0.29, 0.717) is 31.0 Å². The van der Waals surface area contributed by atoms with Crippen LogP contribution in [0.3, 0.4) is 0 Å². The van der Waals surface area contributed by atoms with Crippen molar-refractivity contribution in [2.45, 2.75) is 12.1 Å². The van der Waals surface area contributed by atoms with E-state index in [4.69, 9.17) is 15.2 Å². The van der Waals surface area contributed by atoms with Gasteiger partial charge in [-0.05, 0) is 24.3 Å². The lowest BCUT2D eigenvalue weighted by Gasteiger charge is -2.23. The molecule has 1 unspecified atom stereocenters. The predicted molar refractivity (Wildman–Crippen MR) is 72.4 cm³/mol. The molecule has 0 amide bonds. The molecule has 1 aromatic heterocycles. The monoisotopic (exact) mass is 280 g/mol. The highest BCUT2D eigenvalue weighted by molar-refractivity contribution is 5.98. The first-order valence-electron chi connectivity index (χ1n) is 5.92. The van der Waals surface area contributed by atoms with Gasteiger partial charge in [-0.1, -0.05) is 0 Å². The summed E-state index contributed by atoms with van der Waals surface area (Å²) in [5.41, 5.74) is 7.37. The molecule has 1 saturated heterocycles. The number of halogens is 1. The number of aromatic nitrogens is 1. The summed E-state index contributed by atoms with van der Waals surface area (Å²) in [6, 6.07) is 7.47. The SMILES string of the molecule is Cl.Nc1ccc2c(c1)cc1n2C2(CCOC2)OC1=O. The zero-order valence-electron chi connectivity index (χ0n) is 10.1. The minimum Gasteiger partial charge on any atom is -0.431 e. The highest BCUT2D eigenvalue weighted by atomic mass is 35.5. The molecule has 0 radical (unpaired) electrons. The third kappa shape index (κ3) is 1.49. The molecular weight excluding hydrogens is 268 g/mol. The van der Waals surface area contributed by atoms with Gasteiger partial charge in [-0.2, -0.15) is 0 Å².